The van der Waals surface area contributed by atoms with E-state index >= 15 is 0 Å². The number of nitrogens with zero attached hydrogens (tertiary/aromatic N) is 1. The minimum absolute atomic E-state index is 0.0170. The first-order valence-corrected chi connectivity index (χ1v) is 10.7. The maximum Gasteiger partial charge on any atom is 0.224 e. The van der Waals surface area contributed by atoms with Crippen molar-refractivity contribution in [1.82, 2.24) is 10.3 Å². The van der Waals surface area contributed by atoms with Gasteiger partial charge in [-0.2, -0.15) is 5.26 Å². The van der Waals surface area contributed by atoms with Crippen molar-refractivity contribution in [1.29, 1.82) is 5.26 Å². The molecule has 1 aliphatic carbocycles. The molecule has 0 aliphatic heterocycles. The average Bonchev–Trinajstić information content (AvgIpc) is 3.17. The van der Waals surface area contributed by atoms with Gasteiger partial charge in [0.15, 0.2) is 5.78 Å². The van der Waals surface area contributed by atoms with E-state index in [1.165, 1.54) is 0 Å². The van der Waals surface area contributed by atoms with Gasteiger partial charge in [-0.1, -0.05) is 19.9 Å². The van der Waals surface area contributed by atoms with E-state index in [1.54, 1.807) is 13.2 Å². The number of methoxy groups -OCH3 is 1. The molecule has 1 aromatic heterocycles. The van der Waals surface area contributed by atoms with Crippen LogP contribution in [0.2, 0.25) is 0 Å². The zero-order chi connectivity index (χ0) is 22.6. The smallest absolute Gasteiger partial charge is 0.224 e. The Hall–Kier alpha value is -3.14. The molecule has 1 amide bonds. The van der Waals surface area contributed by atoms with Crippen LogP contribution in [-0.4, -0.2) is 35.1 Å². The molecule has 2 aromatic rings. The number of H-pyrrole nitrogens is 1. The minimum Gasteiger partial charge on any atom is -0.496 e. The van der Waals surface area contributed by atoms with Crippen LogP contribution in [0, 0.1) is 23.2 Å². The number of aromatic amines is 1. The Labute approximate surface area is 182 Å². The van der Waals surface area contributed by atoms with Crippen molar-refractivity contribution >= 4 is 28.4 Å². The van der Waals surface area contributed by atoms with Crippen LogP contribution in [0.4, 0.5) is 0 Å². The second kappa shape index (κ2) is 9.34. The molecule has 7 nitrogen and oxygen atoms in total. The molecule has 1 aromatic carbocycles. The van der Waals surface area contributed by atoms with Crippen LogP contribution < -0.4 is 10.1 Å². The summed E-state index contributed by atoms with van der Waals surface area (Å²) in [5, 5.41) is 13.3. The van der Waals surface area contributed by atoms with Crippen LogP contribution in [0.15, 0.2) is 24.3 Å². The number of ketones is 2. The quantitative estimate of drug-likeness (QED) is 0.625. The number of amides is 1. The maximum atomic E-state index is 13.1. The highest BCUT2D eigenvalue weighted by molar-refractivity contribution is 6.02. The number of hydrogen-bond donors (Lipinski definition) is 2. The van der Waals surface area contributed by atoms with Crippen molar-refractivity contribution in [3.05, 3.63) is 30.0 Å². The molecule has 0 saturated heterocycles. The van der Waals surface area contributed by atoms with Crippen LogP contribution in [0.25, 0.3) is 10.9 Å². The lowest BCUT2D eigenvalue weighted by atomic mass is 9.81. The van der Waals surface area contributed by atoms with Crippen LogP contribution in [0.1, 0.15) is 62.9 Å². The summed E-state index contributed by atoms with van der Waals surface area (Å²) in [6.07, 6.45) is 2.03. The number of Topliss-reactive ketones (excluding diaryl/α,β-unsaturated/α-hetero) is 2. The summed E-state index contributed by atoms with van der Waals surface area (Å²) in [7, 11) is 1.58. The molecule has 164 valence electrons. The number of nitrogens with one attached hydrogen (secondary N) is 2. The van der Waals surface area contributed by atoms with E-state index in [9.17, 15) is 19.6 Å². The molecule has 1 heterocycles. The van der Waals surface area contributed by atoms with Crippen molar-refractivity contribution in [3.8, 4) is 11.8 Å². The molecule has 1 saturated carbocycles. The summed E-state index contributed by atoms with van der Waals surface area (Å²) in [6, 6.07) is 9.42. The van der Waals surface area contributed by atoms with Gasteiger partial charge in [-0.3, -0.25) is 14.4 Å². The first-order chi connectivity index (χ1) is 14.8. The van der Waals surface area contributed by atoms with Crippen molar-refractivity contribution in [3.63, 3.8) is 0 Å². The number of aromatic nitrogens is 1. The van der Waals surface area contributed by atoms with Crippen molar-refractivity contribution in [2.24, 2.45) is 11.8 Å². The van der Waals surface area contributed by atoms with E-state index in [0.717, 1.165) is 10.9 Å². The fourth-order valence-electron chi connectivity index (χ4n) is 4.31. The number of carbonyl (C=O) groups is 3. The molecule has 7 heteroatoms. The Kier molecular flexibility index (Phi) is 6.79. The SMILES string of the molecule is COc1cccc2[nH]c(C(=O)C[C@@H](CC(C)C)C(=O)N[C@@]3(C#N)CCCC(=O)C3)cc12. The highest BCUT2D eigenvalue weighted by Crippen LogP contribution is 2.29. The van der Waals surface area contributed by atoms with Gasteiger partial charge in [-0.25, -0.2) is 0 Å². The van der Waals surface area contributed by atoms with E-state index < -0.39 is 11.5 Å². The Bertz CT molecular complexity index is 1030. The van der Waals surface area contributed by atoms with Crippen molar-refractivity contribution in [2.45, 2.75) is 57.9 Å². The number of hydrogen-bond acceptors (Lipinski definition) is 5. The van der Waals surface area contributed by atoms with E-state index in [0.29, 0.717) is 37.1 Å². The zero-order valence-electron chi connectivity index (χ0n) is 18.3. The first-order valence-electron chi connectivity index (χ1n) is 10.7. The third-order valence-electron chi connectivity index (χ3n) is 5.84. The van der Waals surface area contributed by atoms with Gasteiger partial charge < -0.3 is 15.0 Å². The molecular weight excluding hydrogens is 394 g/mol. The van der Waals surface area contributed by atoms with Crippen LogP contribution in [0.3, 0.4) is 0 Å². The molecule has 1 aliphatic rings. The highest BCUT2D eigenvalue weighted by atomic mass is 16.5. The molecule has 0 unspecified atom stereocenters. The number of carbonyl (C=O) groups excluding carboxylic acids is 3. The van der Waals surface area contributed by atoms with E-state index in [-0.39, 0.29) is 36.2 Å². The third-order valence-corrected chi connectivity index (χ3v) is 5.84. The normalized spacial score (nSPS) is 19.8. The van der Waals surface area contributed by atoms with Crippen molar-refractivity contribution in [2.75, 3.05) is 7.11 Å². The van der Waals surface area contributed by atoms with Gasteiger partial charge in [0.2, 0.25) is 5.91 Å². The number of nitriles is 1. The number of rotatable bonds is 8. The van der Waals surface area contributed by atoms with Gasteiger partial charge in [-0.05, 0) is 43.4 Å². The zero-order valence-corrected chi connectivity index (χ0v) is 18.3. The highest BCUT2D eigenvalue weighted by Gasteiger charge is 2.39. The summed E-state index contributed by atoms with van der Waals surface area (Å²) in [5.41, 5.74) is 0.0414. The Balaban J connectivity index is 1.79. The van der Waals surface area contributed by atoms with Gasteiger partial charge in [0.05, 0.1) is 18.9 Å². The van der Waals surface area contributed by atoms with E-state index in [4.69, 9.17) is 4.74 Å². The lowest BCUT2D eigenvalue weighted by Crippen LogP contribution is -2.52. The number of ether oxygens (including phenoxy) is 1. The topological polar surface area (TPSA) is 112 Å². The molecule has 3 rings (SSSR count). The van der Waals surface area contributed by atoms with E-state index in [1.807, 2.05) is 32.0 Å². The fourth-order valence-corrected chi connectivity index (χ4v) is 4.31. The molecule has 0 radical (unpaired) electrons. The summed E-state index contributed by atoms with van der Waals surface area (Å²) in [4.78, 5) is 41.1. The van der Waals surface area contributed by atoms with Gasteiger partial charge in [0.1, 0.15) is 17.1 Å². The van der Waals surface area contributed by atoms with Gasteiger partial charge in [-0.15, -0.1) is 0 Å². The monoisotopic (exact) mass is 423 g/mol. The fraction of sp³-hybridized carbons (Fsp3) is 0.500. The molecule has 2 atom stereocenters. The van der Waals surface area contributed by atoms with E-state index in [2.05, 4.69) is 16.4 Å². The number of fused-ring (bicyclic) bond motifs is 1. The molecular formula is C24H29N3O4. The van der Waals surface area contributed by atoms with Gasteiger partial charge in [0, 0.05) is 36.1 Å². The lowest BCUT2D eigenvalue weighted by Gasteiger charge is -2.32. The summed E-state index contributed by atoms with van der Waals surface area (Å²) in [5.74, 6) is -0.254. The largest absolute Gasteiger partial charge is 0.496 e. The lowest BCUT2D eigenvalue weighted by molar-refractivity contribution is -0.128. The minimum atomic E-state index is -1.17. The summed E-state index contributed by atoms with van der Waals surface area (Å²) < 4.78 is 5.36. The molecule has 1 fully saturated rings. The van der Waals surface area contributed by atoms with Crippen LogP contribution >= 0.6 is 0 Å². The number of benzene rings is 1. The van der Waals surface area contributed by atoms with Crippen LogP contribution in [0.5, 0.6) is 5.75 Å². The second-order valence-corrected chi connectivity index (χ2v) is 8.81. The first kappa shape index (κ1) is 22.5. The van der Waals surface area contributed by atoms with Gasteiger partial charge >= 0.3 is 0 Å². The maximum absolute atomic E-state index is 13.1. The Morgan fingerprint density at radius 3 is 2.77 bits per heavy atom. The van der Waals surface area contributed by atoms with Crippen LogP contribution in [-0.2, 0) is 9.59 Å². The standard InChI is InChI=1S/C24H29N3O4/c1-15(2)10-16(23(30)27-24(14-25)9-5-6-17(28)13-24)11-21(29)20-12-18-19(26-20)7-4-8-22(18)31-3/h4,7-8,12,15-16,26H,5-6,9-11,13H2,1-3H3,(H,27,30)/t16-,24+/m1/s1. The molecule has 0 spiro atoms. The molecule has 2 N–H and O–H groups in total. The Morgan fingerprint density at radius 2 is 2.13 bits per heavy atom. The Morgan fingerprint density at radius 1 is 1.35 bits per heavy atom. The second-order valence-electron chi connectivity index (χ2n) is 8.81. The van der Waals surface area contributed by atoms with Gasteiger partial charge in [0.25, 0.3) is 0 Å². The average molecular weight is 424 g/mol. The summed E-state index contributed by atoms with van der Waals surface area (Å²) in [6.45, 7) is 3.98. The molecule has 0 bridgehead atoms. The predicted octanol–water partition coefficient (Wildman–Crippen LogP) is 3.93. The van der Waals surface area contributed by atoms with Crippen molar-refractivity contribution < 1.29 is 19.1 Å². The predicted molar refractivity (Wildman–Crippen MR) is 117 cm³/mol. The molecule has 31 heavy (non-hydrogen) atoms. The third kappa shape index (κ3) is 5.13. The summed E-state index contributed by atoms with van der Waals surface area (Å²) >= 11 is 0.